The van der Waals surface area contributed by atoms with Gasteiger partial charge in [0, 0.05) is 24.3 Å². The maximum absolute atomic E-state index is 12.9. The topological polar surface area (TPSA) is 112 Å². The first-order chi connectivity index (χ1) is 16.0. The summed E-state index contributed by atoms with van der Waals surface area (Å²) in [6.07, 6.45) is 4.78. The molecule has 2 N–H and O–H groups in total. The zero-order valence-corrected chi connectivity index (χ0v) is 19.3. The lowest BCUT2D eigenvalue weighted by Crippen LogP contribution is -2.32. The summed E-state index contributed by atoms with van der Waals surface area (Å²) in [4.78, 5) is 56.5. The second-order valence-electron chi connectivity index (χ2n) is 8.34. The predicted octanol–water partition coefficient (Wildman–Crippen LogP) is 3.08. The van der Waals surface area contributed by atoms with Gasteiger partial charge in [0.25, 0.3) is 11.1 Å². The van der Waals surface area contributed by atoms with E-state index in [1.165, 1.54) is 4.88 Å². The van der Waals surface area contributed by atoms with Gasteiger partial charge >= 0.3 is 0 Å². The Bertz CT molecular complexity index is 1470. The van der Waals surface area contributed by atoms with E-state index in [-0.39, 0.29) is 30.0 Å². The van der Waals surface area contributed by atoms with Crippen molar-refractivity contribution in [2.24, 2.45) is 0 Å². The van der Waals surface area contributed by atoms with Crippen molar-refractivity contribution in [3.05, 3.63) is 67.1 Å². The summed E-state index contributed by atoms with van der Waals surface area (Å²) in [6.45, 7) is 2.59. The summed E-state index contributed by atoms with van der Waals surface area (Å²) >= 11 is 1.61. The van der Waals surface area contributed by atoms with Crippen molar-refractivity contribution in [1.82, 2.24) is 24.8 Å². The lowest BCUT2D eigenvalue weighted by molar-refractivity contribution is -0.131. The molecule has 1 amide bonds. The van der Waals surface area contributed by atoms with Gasteiger partial charge in [-0.2, -0.15) is 0 Å². The normalized spacial score (nSPS) is 13.4. The smallest absolute Gasteiger partial charge is 0.259 e. The van der Waals surface area contributed by atoms with E-state index in [4.69, 9.17) is 0 Å². The molecule has 1 aromatic carbocycles. The second kappa shape index (κ2) is 8.90. The van der Waals surface area contributed by atoms with Crippen LogP contribution in [0, 0.1) is 0 Å². The van der Waals surface area contributed by atoms with E-state index in [1.54, 1.807) is 34.4 Å². The monoisotopic (exact) mass is 463 g/mol. The minimum absolute atomic E-state index is 0.0819. The highest BCUT2D eigenvalue weighted by Crippen LogP contribution is 2.33. The van der Waals surface area contributed by atoms with Crippen molar-refractivity contribution in [3.8, 4) is 0 Å². The van der Waals surface area contributed by atoms with Gasteiger partial charge in [-0.25, -0.2) is 9.97 Å². The average molecular weight is 464 g/mol. The molecule has 0 saturated carbocycles. The molecule has 1 aliphatic rings. The molecule has 0 fully saturated rings. The molecule has 9 heteroatoms. The van der Waals surface area contributed by atoms with Crippen molar-refractivity contribution < 1.29 is 4.79 Å². The molecular weight excluding hydrogens is 438 g/mol. The number of rotatable bonds is 6. The van der Waals surface area contributed by atoms with Gasteiger partial charge in [-0.3, -0.25) is 14.4 Å². The number of carbonyl (C=O) groups excluding carboxylic acids is 1. The van der Waals surface area contributed by atoms with Crippen LogP contribution in [-0.2, 0) is 30.6 Å². The van der Waals surface area contributed by atoms with Crippen molar-refractivity contribution in [2.75, 3.05) is 6.54 Å². The number of amides is 1. The third kappa shape index (κ3) is 4.20. The lowest BCUT2D eigenvalue weighted by atomic mass is 9.97. The Hall–Kier alpha value is -3.33. The highest BCUT2D eigenvalue weighted by atomic mass is 32.1. The van der Waals surface area contributed by atoms with E-state index in [0.29, 0.717) is 35.5 Å². The number of aryl methyl sites for hydroxylation is 3. The van der Waals surface area contributed by atoms with Gasteiger partial charge < -0.3 is 14.9 Å². The maximum atomic E-state index is 12.9. The molecule has 0 radical (unpaired) electrons. The van der Waals surface area contributed by atoms with Crippen molar-refractivity contribution >= 4 is 38.4 Å². The van der Waals surface area contributed by atoms with Crippen LogP contribution in [0.4, 0.5) is 0 Å². The van der Waals surface area contributed by atoms with Crippen LogP contribution in [0.25, 0.3) is 21.1 Å². The van der Waals surface area contributed by atoms with Crippen LogP contribution in [0.1, 0.15) is 48.3 Å². The molecular formula is C24H25N5O3S. The molecule has 0 unspecified atom stereocenters. The van der Waals surface area contributed by atoms with Gasteiger partial charge in [0.1, 0.15) is 16.5 Å². The molecule has 33 heavy (non-hydrogen) atoms. The van der Waals surface area contributed by atoms with Crippen LogP contribution in [-0.4, -0.2) is 37.3 Å². The Morgan fingerprint density at radius 3 is 2.70 bits per heavy atom. The first kappa shape index (κ1) is 21.5. The fourth-order valence-corrected chi connectivity index (χ4v) is 5.76. The van der Waals surface area contributed by atoms with Gasteiger partial charge in [-0.1, -0.05) is 12.1 Å². The van der Waals surface area contributed by atoms with Crippen LogP contribution in [0.2, 0.25) is 0 Å². The number of benzene rings is 1. The summed E-state index contributed by atoms with van der Waals surface area (Å²) in [5.41, 5.74) is 1.44. The molecule has 0 bridgehead atoms. The van der Waals surface area contributed by atoms with E-state index < -0.39 is 0 Å². The van der Waals surface area contributed by atoms with Crippen LogP contribution >= 0.6 is 11.3 Å². The van der Waals surface area contributed by atoms with Gasteiger partial charge in [-0.05, 0) is 50.3 Å². The van der Waals surface area contributed by atoms with Crippen LogP contribution in [0.3, 0.4) is 0 Å². The minimum atomic E-state index is -0.215. The predicted molar refractivity (Wildman–Crippen MR) is 129 cm³/mol. The third-order valence-electron chi connectivity index (χ3n) is 6.19. The molecule has 3 aromatic heterocycles. The zero-order valence-electron chi connectivity index (χ0n) is 18.4. The van der Waals surface area contributed by atoms with Crippen LogP contribution in [0.5, 0.6) is 0 Å². The summed E-state index contributed by atoms with van der Waals surface area (Å²) in [5.74, 6) is 0.903. The quantitative estimate of drug-likeness (QED) is 0.456. The van der Waals surface area contributed by atoms with Crippen LogP contribution in [0.15, 0.2) is 33.9 Å². The number of thiophene rings is 1. The van der Waals surface area contributed by atoms with Crippen molar-refractivity contribution in [3.63, 3.8) is 0 Å². The molecule has 0 spiro atoms. The summed E-state index contributed by atoms with van der Waals surface area (Å²) in [7, 11) is 0. The number of aromatic amines is 2. The number of aromatic nitrogens is 4. The Morgan fingerprint density at radius 2 is 1.85 bits per heavy atom. The highest BCUT2D eigenvalue weighted by Gasteiger charge is 2.20. The minimum Gasteiger partial charge on any atom is -0.335 e. The molecule has 3 heterocycles. The van der Waals surface area contributed by atoms with Gasteiger partial charge in [0.05, 0.1) is 22.8 Å². The fraction of sp³-hybridized carbons (Fsp3) is 0.375. The molecule has 5 rings (SSSR count). The Kier molecular flexibility index (Phi) is 5.80. The molecule has 0 aliphatic heterocycles. The third-order valence-corrected chi connectivity index (χ3v) is 7.37. The van der Waals surface area contributed by atoms with E-state index in [9.17, 15) is 14.4 Å². The number of hydrogen-bond acceptors (Lipinski definition) is 6. The number of hydrogen-bond donors (Lipinski definition) is 2. The Labute approximate surface area is 193 Å². The molecule has 170 valence electrons. The Balaban J connectivity index is 1.31. The largest absolute Gasteiger partial charge is 0.335 e. The molecule has 8 nitrogen and oxygen atoms in total. The van der Waals surface area contributed by atoms with E-state index >= 15 is 0 Å². The Morgan fingerprint density at radius 1 is 1.06 bits per heavy atom. The fourth-order valence-electron chi connectivity index (χ4n) is 4.48. The van der Waals surface area contributed by atoms with Crippen molar-refractivity contribution in [2.45, 2.75) is 52.0 Å². The zero-order chi connectivity index (χ0) is 22.9. The number of para-hydroxylation sites is 1. The van der Waals surface area contributed by atoms with Gasteiger partial charge in [0.15, 0.2) is 0 Å². The lowest BCUT2D eigenvalue weighted by Gasteiger charge is -2.20. The summed E-state index contributed by atoms with van der Waals surface area (Å²) in [5, 5.41) is 1.25. The van der Waals surface area contributed by atoms with Gasteiger partial charge in [-0.15, -0.1) is 11.3 Å². The second-order valence-corrected chi connectivity index (χ2v) is 9.42. The number of H-pyrrole nitrogens is 2. The standard InChI is InChI=1S/C24H25N5O3S/c1-2-29(13-19-25-16-9-5-3-7-14(16)22(31)27-19)20(30)12-11-18-26-23(32)21-15-8-4-6-10-17(15)33-24(21)28-18/h3,5,7,9H,2,4,6,8,10-13H2,1H3,(H,25,27,31)(H,26,28,32). The highest BCUT2D eigenvalue weighted by molar-refractivity contribution is 7.18. The molecule has 0 atom stereocenters. The van der Waals surface area contributed by atoms with E-state index in [2.05, 4.69) is 19.9 Å². The molecule has 4 aromatic rings. The van der Waals surface area contributed by atoms with E-state index in [0.717, 1.165) is 41.5 Å². The molecule has 1 aliphatic carbocycles. The number of fused-ring (bicyclic) bond motifs is 4. The maximum Gasteiger partial charge on any atom is 0.259 e. The van der Waals surface area contributed by atoms with E-state index in [1.807, 2.05) is 13.0 Å². The van der Waals surface area contributed by atoms with Gasteiger partial charge in [0.2, 0.25) is 5.91 Å². The number of nitrogens with zero attached hydrogens (tertiary/aromatic N) is 3. The number of nitrogens with one attached hydrogen (secondary N) is 2. The number of carbonyl (C=O) groups is 1. The van der Waals surface area contributed by atoms with Crippen LogP contribution < -0.4 is 11.1 Å². The first-order valence-electron chi connectivity index (χ1n) is 11.3. The summed E-state index contributed by atoms with van der Waals surface area (Å²) < 4.78 is 0. The SMILES string of the molecule is CCN(Cc1nc2ccccc2c(=O)[nH]1)C(=O)CCc1nc2sc3c(c2c(=O)[nH]1)CCCC3. The summed E-state index contributed by atoms with van der Waals surface area (Å²) in [6, 6.07) is 7.13. The molecule has 0 saturated heterocycles. The first-order valence-corrected chi connectivity index (χ1v) is 12.1. The average Bonchev–Trinajstić information content (AvgIpc) is 3.20. The van der Waals surface area contributed by atoms with Crippen molar-refractivity contribution in [1.29, 1.82) is 0 Å².